The molecule has 2 rings (SSSR count). The Hall–Kier alpha value is -3.08. The molecule has 2 aromatic rings. The van der Waals surface area contributed by atoms with Crippen LogP contribution in [0.3, 0.4) is 0 Å². The van der Waals surface area contributed by atoms with Gasteiger partial charge in [0.25, 0.3) is 0 Å². The number of hydrogen-bond donors (Lipinski definition) is 1. The summed E-state index contributed by atoms with van der Waals surface area (Å²) in [4.78, 5) is 22.8. The third-order valence-electron chi connectivity index (χ3n) is 3.21. The molecule has 0 aliphatic heterocycles. The molecule has 23 heavy (non-hydrogen) atoms. The third kappa shape index (κ3) is 4.20. The average molecular weight is 311 g/mol. The lowest BCUT2D eigenvalue weighted by Gasteiger charge is -2.10. The van der Waals surface area contributed by atoms with Crippen LogP contribution in [0.5, 0.6) is 11.5 Å². The van der Waals surface area contributed by atoms with Crippen molar-refractivity contribution in [3.05, 3.63) is 71.8 Å². The van der Waals surface area contributed by atoms with Gasteiger partial charge < -0.3 is 19.7 Å². The Balaban J connectivity index is 2.05. The van der Waals surface area contributed by atoms with Crippen molar-refractivity contribution in [1.82, 2.24) is 0 Å². The van der Waals surface area contributed by atoms with E-state index in [1.165, 1.54) is 18.2 Å². The molecule has 118 valence electrons. The van der Waals surface area contributed by atoms with Gasteiger partial charge in [-0.15, -0.1) is 0 Å². The third-order valence-corrected chi connectivity index (χ3v) is 3.21. The number of hydrogen-bond acceptors (Lipinski definition) is 5. The largest absolute Gasteiger partial charge is 0.545 e. The van der Waals surface area contributed by atoms with Crippen molar-refractivity contribution in [3.63, 3.8) is 0 Å². The number of benzene rings is 2. The van der Waals surface area contributed by atoms with Gasteiger partial charge in [-0.25, -0.2) is 0 Å². The number of carbonyl (C=O) groups excluding carboxylic acids is 2. The number of phenols is 1. The Morgan fingerprint density at radius 2 is 1.83 bits per heavy atom. The Morgan fingerprint density at radius 3 is 2.43 bits per heavy atom. The fraction of sp³-hybridized carbons (Fsp3) is 0.111. The molecule has 0 saturated heterocycles. The summed E-state index contributed by atoms with van der Waals surface area (Å²) in [6.45, 7) is 3.42. The van der Waals surface area contributed by atoms with Gasteiger partial charge >= 0.3 is 0 Å². The minimum Gasteiger partial charge on any atom is -0.545 e. The lowest BCUT2D eigenvalue weighted by Crippen LogP contribution is -2.24. The van der Waals surface area contributed by atoms with E-state index in [0.717, 1.165) is 0 Å². The second kappa shape index (κ2) is 7.26. The summed E-state index contributed by atoms with van der Waals surface area (Å²) in [5, 5.41) is 20.5. The number of carboxylic acid groups (broad SMARTS) is 1. The molecular weight excluding hydrogens is 296 g/mol. The van der Waals surface area contributed by atoms with E-state index < -0.39 is 5.97 Å². The topological polar surface area (TPSA) is 86.7 Å². The van der Waals surface area contributed by atoms with Gasteiger partial charge in [0.2, 0.25) is 0 Å². The fourth-order valence-electron chi connectivity index (χ4n) is 1.93. The SMILES string of the molecule is C=C(CCOc1ccc(C(=O)c2ccccc2)c(O)c1)C(=O)[O-]. The van der Waals surface area contributed by atoms with Crippen LogP contribution in [-0.4, -0.2) is 23.5 Å². The lowest BCUT2D eigenvalue weighted by molar-refractivity contribution is -0.299. The van der Waals surface area contributed by atoms with E-state index in [9.17, 15) is 19.8 Å². The van der Waals surface area contributed by atoms with Crippen LogP contribution in [0.25, 0.3) is 0 Å². The molecule has 0 amide bonds. The summed E-state index contributed by atoms with van der Waals surface area (Å²) in [5.41, 5.74) is 0.578. The van der Waals surface area contributed by atoms with Crippen molar-refractivity contribution in [2.24, 2.45) is 0 Å². The first kappa shape index (κ1) is 16.3. The normalized spacial score (nSPS) is 10.1. The molecule has 0 aliphatic rings. The highest BCUT2D eigenvalue weighted by atomic mass is 16.5. The van der Waals surface area contributed by atoms with Gasteiger partial charge in [-0.3, -0.25) is 4.79 Å². The van der Waals surface area contributed by atoms with E-state index in [0.29, 0.717) is 11.3 Å². The van der Waals surface area contributed by atoms with E-state index in [1.807, 2.05) is 0 Å². The molecule has 5 nitrogen and oxygen atoms in total. The molecule has 0 saturated carbocycles. The summed E-state index contributed by atoms with van der Waals surface area (Å²) >= 11 is 0. The number of ketones is 1. The molecule has 5 heteroatoms. The van der Waals surface area contributed by atoms with Crippen molar-refractivity contribution < 1.29 is 24.5 Å². The Bertz CT molecular complexity index is 734. The van der Waals surface area contributed by atoms with E-state index in [-0.39, 0.29) is 35.7 Å². The molecule has 0 heterocycles. The maximum Gasteiger partial charge on any atom is 0.196 e. The van der Waals surface area contributed by atoms with Gasteiger partial charge in [-0.05, 0) is 17.7 Å². The molecule has 2 aromatic carbocycles. The number of carboxylic acids is 1. The van der Waals surface area contributed by atoms with Gasteiger partial charge in [0.1, 0.15) is 11.5 Å². The molecule has 0 aromatic heterocycles. The van der Waals surface area contributed by atoms with E-state index >= 15 is 0 Å². The summed E-state index contributed by atoms with van der Waals surface area (Å²) in [7, 11) is 0. The molecule has 0 fully saturated rings. The van der Waals surface area contributed by atoms with E-state index in [4.69, 9.17) is 4.74 Å². The quantitative estimate of drug-likeness (QED) is 0.621. The van der Waals surface area contributed by atoms with Crippen LogP contribution in [0.4, 0.5) is 0 Å². The number of aliphatic carboxylic acids is 1. The summed E-state index contributed by atoms with van der Waals surface area (Å²) in [6, 6.07) is 12.9. The van der Waals surface area contributed by atoms with Crippen LogP contribution in [0.15, 0.2) is 60.7 Å². The number of aromatic hydroxyl groups is 1. The number of phenolic OH excluding ortho intramolecular Hbond substituents is 1. The average Bonchev–Trinajstić information content (AvgIpc) is 2.55. The highest BCUT2D eigenvalue weighted by Gasteiger charge is 2.14. The number of rotatable bonds is 7. The first-order valence-electron chi connectivity index (χ1n) is 6.93. The maximum absolute atomic E-state index is 12.3. The van der Waals surface area contributed by atoms with Crippen molar-refractivity contribution in [2.75, 3.05) is 6.61 Å². The minimum atomic E-state index is -1.32. The zero-order valence-electron chi connectivity index (χ0n) is 12.3. The minimum absolute atomic E-state index is 0.0647. The Morgan fingerprint density at radius 1 is 1.13 bits per heavy atom. The van der Waals surface area contributed by atoms with Gasteiger partial charge in [-0.1, -0.05) is 36.9 Å². The highest BCUT2D eigenvalue weighted by molar-refractivity contribution is 6.10. The monoisotopic (exact) mass is 311 g/mol. The van der Waals surface area contributed by atoms with Crippen LogP contribution < -0.4 is 9.84 Å². The number of carbonyl (C=O) groups is 2. The summed E-state index contributed by atoms with van der Waals surface area (Å²) < 4.78 is 5.32. The van der Waals surface area contributed by atoms with Crippen LogP contribution in [-0.2, 0) is 4.79 Å². The Kier molecular flexibility index (Phi) is 5.15. The lowest BCUT2D eigenvalue weighted by atomic mass is 10.0. The van der Waals surface area contributed by atoms with Crippen LogP contribution in [0, 0.1) is 0 Å². The maximum atomic E-state index is 12.3. The molecule has 0 aliphatic carbocycles. The highest BCUT2D eigenvalue weighted by Crippen LogP contribution is 2.26. The summed E-state index contributed by atoms with van der Waals surface area (Å²) in [5.74, 6) is -1.48. The van der Waals surface area contributed by atoms with Crippen molar-refractivity contribution in [1.29, 1.82) is 0 Å². The van der Waals surface area contributed by atoms with Gasteiger partial charge in [0.05, 0.1) is 18.1 Å². The Labute approximate surface area is 133 Å². The first-order valence-corrected chi connectivity index (χ1v) is 6.93. The molecule has 1 N–H and O–H groups in total. The van der Waals surface area contributed by atoms with E-state index in [1.54, 1.807) is 30.3 Å². The standard InChI is InChI=1S/C18H16O5/c1-12(18(21)22)9-10-23-14-7-8-15(16(19)11-14)17(20)13-5-3-2-4-6-13/h2-8,11,19H,1,9-10H2,(H,21,22)/p-1. The fourth-order valence-corrected chi connectivity index (χ4v) is 1.93. The molecule has 0 atom stereocenters. The van der Waals surface area contributed by atoms with Crippen molar-refractivity contribution in [3.8, 4) is 11.5 Å². The van der Waals surface area contributed by atoms with Crippen LogP contribution in [0.1, 0.15) is 22.3 Å². The first-order chi connectivity index (χ1) is 11.0. The van der Waals surface area contributed by atoms with Crippen molar-refractivity contribution in [2.45, 2.75) is 6.42 Å². The number of ether oxygens (including phenoxy) is 1. The van der Waals surface area contributed by atoms with Crippen LogP contribution >= 0.6 is 0 Å². The van der Waals surface area contributed by atoms with Crippen molar-refractivity contribution >= 4 is 11.8 Å². The second-order valence-corrected chi connectivity index (χ2v) is 4.86. The zero-order chi connectivity index (χ0) is 16.8. The van der Waals surface area contributed by atoms with E-state index in [2.05, 4.69) is 6.58 Å². The smallest absolute Gasteiger partial charge is 0.196 e. The second-order valence-electron chi connectivity index (χ2n) is 4.86. The van der Waals surface area contributed by atoms with Gasteiger partial charge in [0.15, 0.2) is 5.78 Å². The predicted molar refractivity (Wildman–Crippen MR) is 82.2 cm³/mol. The molecular formula is C18H15O5-. The molecule has 0 unspecified atom stereocenters. The molecule has 0 bridgehead atoms. The van der Waals surface area contributed by atoms with Gasteiger partial charge in [-0.2, -0.15) is 0 Å². The zero-order valence-corrected chi connectivity index (χ0v) is 12.3. The van der Waals surface area contributed by atoms with Gasteiger partial charge in [0, 0.05) is 18.1 Å². The van der Waals surface area contributed by atoms with Crippen LogP contribution in [0.2, 0.25) is 0 Å². The molecule has 0 radical (unpaired) electrons. The summed E-state index contributed by atoms with van der Waals surface area (Å²) in [6.07, 6.45) is 0.105. The molecule has 0 spiro atoms. The predicted octanol–water partition coefficient (Wildman–Crippen LogP) is 1.70.